The van der Waals surface area contributed by atoms with Gasteiger partial charge in [-0.3, -0.25) is 0 Å². The highest BCUT2D eigenvalue weighted by atomic mass is 32.1. The van der Waals surface area contributed by atoms with Crippen LogP contribution in [0.5, 0.6) is 0 Å². The summed E-state index contributed by atoms with van der Waals surface area (Å²) in [5.41, 5.74) is 14.4. The van der Waals surface area contributed by atoms with E-state index in [1.165, 1.54) is 80.9 Å². The third kappa shape index (κ3) is 6.39. The second-order valence-corrected chi connectivity index (χ2v) is 17.4. The van der Waals surface area contributed by atoms with E-state index in [0.717, 1.165) is 29.2 Å². The zero-order chi connectivity index (χ0) is 41.0. The van der Waals surface area contributed by atoms with E-state index in [-0.39, 0.29) is 12.0 Å². The van der Waals surface area contributed by atoms with Crippen molar-refractivity contribution in [3.63, 3.8) is 0 Å². The predicted octanol–water partition coefficient (Wildman–Crippen LogP) is 15.1. The van der Waals surface area contributed by atoms with Crippen LogP contribution in [0.4, 0.5) is 0 Å². The fourth-order valence-electron chi connectivity index (χ4n) is 9.56. The molecule has 2 unspecified atom stereocenters. The maximum Gasteiger partial charge on any atom is 0.134 e. The number of allylic oxidation sites excluding steroid dienone is 4. The van der Waals surface area contributed by atoms with Crippen LogP contribution in [0.1, 0.15) is 35.1 Å². The number of nitrogens with one attached hydrogen (secondary N) is 1. The highest BCUT2D eigenvalue weighted by Gasteiger charge is 2.24. The van der Waals surface area contributed by atoms with Crippen molar-refractivity contribution >= 4 is 59.2 Å². The largest absolute Gasteiger partial charge is 0.359 e. The molecule has 0 fully saturated rings. The van der Waals surface area contributed by atoms with Gasteiger partial charge in [0.2, 0.25) is 0 Å². The molecule has 8 aromatic carbocycles. The highest BCUT2D eigenvalue weighted by molar-refractivity contribution is 7.26. The molecule has 0 saturated carbocycles. The fourth-order valence-corrected chi connectivity index (χ4v) is 10.8. The molecule has 1 aliphatic heterocycles. The molecule has 294 valence electrons. The molecule has 0 bridgehead atoms. The van der Waals surface area contributed by atoms with Crippen molar-refractivity contribution in [3.8, 4) is 27.9 Å². The lowest BCUT2D eigenvalue weighted by Crippen LogP contribution is -2.31. The Morgan fingerprint density at radius 1 is 0.532 bits per heavy atom. The minimum atomic E-state index is 0.0263. The van der Waals surface area contributed by atoms with Gasteiger partial charge in [-0.2, -0.15) is 0 Å². The van der Waals surface area contributed by atoms with Crippen LogP contribution in [0.15, 0.2) is 235 Å². The van der Waals surface area contributed by atoms with Gasteiger partial charge in [0, 0.05) is 48.1 Å². The molecular weight excluding hydrogens is 771 g/mol. The second-order valence-electron chi connectivity index (χ2n) is 16.3. The lowest BCUT2D eigenvalue weighted by molar-refractivity contribution is 0.752. The van der Waals surface area contributed by atoms with Crippen molar-refractivity contribution in [1.29, 1.82) is 0 Å². The van der Waals surface area contributed by atoms with Crippen LogP contribution >= 0.6 is 11.3 Å². The van der Waals surface area contributed by atoms with Crippen LogP contribution < -0.4 is 5.32 Å². The third-order valence-electron chi connectivity index (χ3n) is 12.6. The van der Waals surface area contributed by atoms with E-state index in [2.05, 4.69) is 228 Å². The van der Waals surface area contributed by atoms with E-state index in [4.69, 9.17) is 4.99 Å². The molecular formula is C58H41N3S. The van der Waals surface area contributed by atoms with Crippen molar-refractivity contribution in [2.75, 3.05) is 0 Å². The van der Waals surface area contributed by atoms with Crippen LogP contribution in [-0.4, -0.2) is 10.4 Å². The molecule has 0 saturated heterocycles. The number of benzene rings is 8. The number of thiophene rings is 1. The zero-order valence-corrected chi connectivity index (χ0v) is 34.8. The van der Waals surface area contributed by atoms with Crippen molar-refractivity contribution in [2.24, 2.45) is 4.99 Å². The Hall–Kier alpha value is -7.53. The second kappa shape index (κ2) is 15.2. The summed E-state index contributed by atoms with van der Waals surface area (Å²) in [5, 5.41) is 8.87. The van der Waals surface area contributed by atoms with E-state index in [0.29, 0.717) is 0 Å². The quantitative estimate of drug-likeness (QED) is 0.171. The summed E-state index contributed by atoms with van der Waals surface area (Å²) in [6.45, 7) is 0. The van der Waals surface area contributed by atoms with Crippen LogP contribution in [0.2, 0.25) is 0 Å². The number of hydrogen-bond donors (Lipinski definition) is 1. The number of rotatable bonds is 7. The van der Waals surface area contributed by atoms with E-state index in [1.807, 2.05) is 11.3 Å². The summed E-state index contributed by atoms with van der Waals surface area (Å²) < 4.78 is 5.10. The average Bonchev–Trinajstić information content (AvgIpc) is 3.90. The SMILES string of the molecule is C1=CC(c2cccc(-c3cccc(-n4c5ccccc5c5cc(-c6cccc7c6sc6ccccc67)ccc54)c3)c2)CC(C2=CC(c3ccccc3)NC(c3ccccc3)=N2)=C1. The molecule has 2 atom stereocenters. The molecule has 2 aromatic heterocycles. The smallest absolute Gasteiger partial charge is 0.134 e. The Balaban J connectivity index is 0.874. The first-order valence-corrected chi connectivity index (χ1v) is 22.2. The van der Waals surface area contributed by atoms with Crippen LogP contribution in [0.3, 0.4) is 0 Å². The lowest BCUT2D eigenvalue weighted by Gasteiger charge is -2.27. The van der Waals surface area contributed by atoms with Gasteiger partial charge in [-0.15, -0.1) is 11.3 Å². The summed E-state index contributed by atoms with van der Waals surface area (Å²) in [4.78, 5) is 5.22. The first kappa shape index (κ1) is 36.3. The van der Waals surface area contributed by atoms with Gasteiger partial charge in [-0.05, 0) is 87.8 Å². The Bertz CT molecular complexity index is 3470. The molecule has 0 amide bonds. The number of aliphatic imine (C=N–C) groups is 1. The van der Waals surface area contributed by atoms with Crippen molar-refractivity contribution in [1.82, 2.24) is 9.88 Å². The number of hydrogen-bond acceptors (Lipinski definition) is 3. The first-order valence-electron chi connectivity index (χ1n) is 21.4. The Kier molecular flexibility index (Phi) is 8.90. The monoisotopic (exact) mass is 811 g/mol. The molecule has 10 aromatic rings. The fraction of sp³-hybridized carbons (Fsp3) is 0.0517. The predicted molar refractivity (Wildman–Crippen MR) is 263 cm³/mol. The molecule has 62 heavy (non-hydrogen) atoms. The van der Waals surface area contributed by atoms with Gasteiger partial charge in [0.05, 0.1) is 22.8 Å². The van der Waals surface area contributed by atoms with Gasteiger partial charge in [-0.1, -0.05) is 176 Å². The van der Waals surface area contributed by atoms with E-state index < -0.39 is 0 Å². The average molecular weight is 812 g/mol. The standard InChI is InChI=1S/C58H41N3S/c1-3-15-38(16-4-1)52-37-53(60-58(59-52)39-17-5-2-6-18-39)45-23-12-21-42(34-45)40-19-11-20-41(33-40)43-22-13-24-46(35-43)61-54-29-9-7-25-48(54)51-36-44(31-32-55(51)61)47-27-14-28-50-49-26-8-10-30-56(49)62-57(47)50/h1-33,35-37,42,52H,34H2,(H,59,60). The van der Waals surface area contributed by atoms with E-state index >= 15 is 0 Å². The van der Waals surface area contributed by atoms with Crippen molar-refractivity contribution < 1.29 is 0 Å². The summed E-state index contributed by atoms with van der Waals surface area (Å²) in [6, 6.07) is 70.6. The van der Waals surface area contributed by atoms with E-state index in [1.54, 1.807) is 0 Å². The molecule has 3 nitrogen and oxygen atoms in total. The van der Waals surface area contributed by atoms with Crippen molar-refractivity contribution in [2.45, 2.75) is 18.4 Å². The minimum absolute atomic E-state index is 0.0263. The molecule has 1 N–H and O–H groups in total. The number of para-hydroxylation sites is 1. The van der Waals surface area contributed by atoms with E-state index in [9.17, 15) is 0 Å². The normalized spacial score (nSPS) is 16.4. The zero-order valence-electron chi connectivity index (χ0n) is 33.9. The molecule has 2 aliphatic rings. The maximum atomic E-state index is 5.22. The van der Waals surface area contributed by atoms with Gasteiger partial charge >= 0.3 is 0 Å². The molecule has 12 rings (SSSR count). The summed E-state index contributed by atoms with van der Waals surface area (Å²) in [7, 11) is 0. The van der Waals surface area contributed by atoms with Crippen LogP contribution in [0, 0.1) is 0 Å². The summed E-state index contributed by atoms with van der Waals surface area (Å²) in [6.07, 6.45) is 9.96. The molecule has 1 aliphatic carbocycles. The third-order valence-corrected chi connectivity index (χ3v) is 13.8. The molecule has 3 heterocycles. The lowest BCUT2D eigenvalue weighted by atomic mass is 9.85. The van der Waals surface area contributed by atoms with Gasteiger partial charge in [0.15, 0.2) is 0 Å². The van der Waals surface area contributed by atoms with Crippen molar-refractivity contribution in [3.05, 3.63) is 246 Å². The number of nitrogens with zero attached hydrogens (tertiary/aromatic N) is 2. The van der Waals surface area contributed by atoms with Crippen LogP contribution in [0.25, 0.3) is 69.9 Å². The highest BCUT2D eigenvalue weighted by Crippen LogP contribution is 2.42. The molecule has 0 spiro atoms. The van der Waals surface area contributed by atoms with Gasteiger partial charge in [-0.25, -0.2) is 4.99 Å². The van der Waals surface area contributed by atoms with Crippen LogP contribution in [-0.2, 0) is 0 Å². The maximum absolute atomic E-state index is 5.22. The summed E-state index contributed by atoms with van der Waals surface area (Å²) >= 11 is 1.89. The first-order chi connectivity index (χ1) is 30.7. The topological polar surface area (TPSA) is 29.3 Å². The molecule has 0 radical (unpaired) electrons. The Labute approximate surface area is 365 Å². The van der Waals surface area contributed by atoms with Gasteiger partial charge in [0.25, 0.3) is 0 Å². The Morgan fingerprint density at radius 3 is 2.11 bits per heavy atom. The Morgan fingerprint density at radius 2 is 1.23 bits per heavy atom. The summed E-state index contributed by atoms with van der Waals surface area (Å²) in [5.74, 6) is 1.13. The minimum Gasteiger partial charge on any atom is -0.359 e. The number of aromatic nitrogens is 1. The molecule has 4 heteroatoms. The van der Waals surface area contributed by atoms with Gasteiger partial charge in [0.1, 0.15) is 5.84 Å². The number of fused-ring (bicyclic) bond motifs is 6. The number of amidine groups is 1. The van der Waals surface area contributed by atoms with Gasteiger partial charge < -0.3 is 9.88 Å².